The van der Waals surface area contributed by atoms with Gasteiger partial charge in [-0.25, -0.2) is 0 Å². The minimum absolute atomic E-state index is 0.0477. The molecule has 0 aliphatic heterocycles. The molecule has 0 aliphatic rings. The van der Waals surface area contributed by atoms with E-state index < -0.39 is 5.91 Å². The number of carbonyl (C=O) groups is 1. The number of nitrogen functional groups attached to an aromatic ring is 1. The monoisotopic (exact) mass is 310 g/mol. The van der Waals surface area contributed by atoms with Crippen molar-refractivity contribution in [2.45, 2.75) is 0 Å². The molecule has 3 rings (SSSR count). The van der Waals surface area contributed by atoms with Crippen LogP contribution in [0.2, 0.25) is 0 Å². The maximum atomic E-state index is 12.1. The van der Waals surface area contributed by atoms with Crippen LogP contribution in [0.15, 0.2) is 52.7 Å². The number of nitrogens with zero attached hydrogens (tertiary/aromatic N) is 3. The van der Waals surface area contributed by atoms with Crippen molar-refractivity contribution in [3.63, 3.8) is 0 Å². The topological polar surface area (TPSA) is 113 Å². The Bertz CT molecular complexity index is 944. The number of aromatic hydroxyl groups is 2. The summed E-state index contributed by atoms with van der Waals surface area (Å²) in [7, 11) is 1.68. The summed E-state index contributed by atoms with van der Waals surface area (Å²) >= 11 is 0. The van der Waals surface area contributed by atoms with E-state index in [1.165, 1.54) is 18.2 Å². The first kappa shape index (κ1) is 14.6. The Kier molecular flexibility index (Phi) is 3.46. The van der Waals surface area contributed by atoms with Gasteiger partial charge in [-0.05, 0) is 24.3 Å². The summed E-state index contributed by atoms with van der Waals surface area (Å²) in [6.07, 6.45) is 0. The Morgan fingerprint density at radius 2 is 1.91 bits per heavy atom. The summed E-state index contributed by atoms with van der Waals surface area (Å²) in [5, 5.41) is 27.9. The molecular formula is C16H14N4O3. The van der Waals surface area contributed by atoms with E-state index >= 15 is 0 Å². The molecule has 7 heteroatoms. The van der Waals surface area contributed by atoms with E-state index in [0.717, 1.165) is 5.52 Å². The van der Waals surface area contributed by atoms with Gasteiger partial charge in [-0.1, -0.05) is 18.2 Å². The summed E-state index contributed by atoms with van der Waals surface area (Å²) in [4.78, 5) is 12.1. The van der Waals surface area contributed by atoms with E-state index in [1.807, 2.05) is 12.1 Å². The van der Waals surface area contributed by atoms with Gasteiger partial charge in [0.05, 0.1) is 11.1 Å². The Morgan fingerprint density at radius 3 is 2.70 bits per heavy atom. The molecule has 1 aromatic heterocycles. The maximum absolute atomic E-state index is 12.1. The summed E-state index contributed by atoms with van der Waals surface area (Å²) in [5.41, 5.74) is 6.83. The summed E-state index contributed by atoms with van der Waals surface area (Å²) in [6.45, 7) is 0. The molecule has 0 fully saturated rings. The van der Waals surface area contributed by atoms with E-state index in [-0.39, 0.29) is 22.9 Å². The molecule has 0 atom stereocenters. The predicted octanol–water partition coefficient (Wildman–Crippen LogP) is 3.10. The largest absolute Gasteiger partial charge is 0.507 e. The summed E-state index contributed by atoms with van der Waals surface area (Å²) in [5.74, 6) is -1.08. The number of para-hydroxylation sites is 1. The fourth-order valence-corrected chi connectivity index (χ4v) is 2.33. The molecular weight excluding hydrogens is 296 g/mol. The quantitative estimate of drug-likeness (QED) is 0.383. The second-order valence-electron chi connectivity index (χ2n) is 5.03. The molecule has 23 heavy (non-hydrogen) atoms. The Labute approximate surface area is 131 Å². The molecule has 0 bridgehead atoms. The van der Waals surface area contributed by atoms with Gasteiger partial charge in [0.2, 0.25) is 5.88 Å². The number of hydrogen-bond acceptors (Lipinski definition) is 5. The highest BCUT2D eigenvalue weighted by molar-refractivity contribution is 5.99. The summed E-state index contributed by atoms with van der Waals surface area (Å²) in [6, 6.07) is 11.3. The normalized spacial score (nSPS) is 11.3. The van der Waals surface area contributed by atoms with E-state index in [4.69, 9.17) is 5.73 Å². The van der Waals surface area contributed by atoms with Crippen LogP contribution in [-0.2, 0) is 7.05 Å². The number of nitrogens with two attached hydrogens (primary N) is 1. The number of anilines is 1. The van der Waals surface area contributed by atoms with Gasteiger partial charge in [0.15, 0.2) is 5.69 Å². The van der Waals surface area contributed by atoms with Crippen molar-refractivity contribution in [1.29, 1.82) is 0 Å². The first-order valence-corrected chi connectivity index (χ1v) is 6.80. The number of benzene rings is 2. The van der Waals surface area contributed by atoms with Crippen molar-refractivity contribution in [3.05, 3.63) is 48.0 Å². The van der Waals surface area contributed by atoms with E-state index in [1.54, 1.807) is 23.7 Å². The zero-order chi connectivity index (χ0) is 16.6. The summed E-state index contributed by atoms with van der Waals surface area (Å²) < 4.78 is 1.55. The highest BCUT2D eigenvalue weighted by atomic mass is 16.3. The van der Waals surface area contributed by atoms with E-state index in [0.29, 0.717) is 11.1 Å². The predicted molar refractivity (Wildman–Crippen MR) is 85.9 cm³/mol. The maximum Gasteiger partial charge on any atom is 0.299 e. The van der Waals surface area contributed by atoms with Gasteiger partial charge in [0.25, 0.3) is 5.91 Å². The molecule has 116 valence electrons. The van der Waals surface area contributed by atoms with Crippen LogP contribution in [0.4, 0.5) is 11.4 Å². The smallest absolute Gasteiger partial charge is 0.299 e. The van der Waals surface area contributed by atoms with Crippen molar-refractivity contribution in [2.75, 3.05) is 5.73 Å². The number of phenols is 1. The number of rotatable bonds is 2. The Hall–Kier alpha value is -3.35. The van der Waals surface area contributed by atoms with E-state index in [2.05, 4.69) is 10.2 Å². The molecule has 0 saturated carbocycles. The fraction of sp³-hybridized carbons (Fsp3) is 0.0625. The highest BCUT2D eigenvalue weighted by Crippen LogP contribution is 2.37. The zero-order valence-corrected chi connectivity index (χ0v) is 12.3. The lowest BCUT2D eigenvalue weighted by Gasteiger charge is -2.00. The van der Waals surface area contributed by atoms with Gasteiger partial charge in [0.1, 0.15) is 5.75 Å². The molecule has 1 amide bonds. The van der Waals surface area contributed by atoms with Crippen LogP contribution in [-0.4, -0.2) is 20.7 Å². The lowest BCUT2D eigenvalue weighted by atomic mass is 10.1. The van der Waals surface area contributed by atoms with Gasteiger partial charge in [-0.15, -0.1) is 10.2 Å². The molecule has 0 radical (unpaired) electrons. The lowest BCUT2D eigenvalue weighted by Crippen LogP contribution is -1.96. The number of phenolic OH excluding ortho intramolecular Hbond substituents is 1. The zero-order valence-electron chi connectivity index (χ0n) is 12.3. The molecule has 0 unspecified atom stereocenters. The van der Waals surface area contributed by atoms with Gasteiger partial charge < -0.3 is 20.5 Å². The highest BCUT2D eigenvalue weighted by Gasteiger charge is 2.15. The number of fused-ring (bicyclic) bond motifs is 1. The average molecular weight is 310 g/mol. The molecule has 7 nitrogen and oxygen atoms in total. The fourth-order valence-electron chi connectivity index (χ4n) is 2.33. The van der Waals surface area contributed by atoms with Gasteiger partial charge >= 0.3 is 0 Å². The minimum Gasteiger partial charge on any atom is -0.507 e. The van der Waals surface area contributed by atoms with Gasteiger partial charge in [-0.3, -0.25) is 4.79 Å². The Balaban J connectivity index is 2.02. The number of aromatic nitrogens is 1. The third-order valence-electron chi connectivity index (χ3n) is 3.54. The first-order chi connectivity index (χ1) is 11.0. The van der Waals surface area contributed by atoms with Gasteiger partial charge in [-0.2, -0.15) is 0 Å². The number of hydrogen-bond donors (Lipinski definition) is 3. The molecule has 0 saturated heterocycles. The number of azo groups is 1. The van der Waals surface area contributed by atoms with Crippen molar-refractivity contribution in [3.8, 4) is 11.6 Å². The SMILES string of the molecule is Cn1c(O)c(N=NC(=O)c2cc(N)ccc2O)c2ccccc21. The lowest BCUT2D eigenvalue weighted by molar-refractivity contribution is 0.0992. The van der Waals surface area contributed by atoms with Crippen LogP contribution in [0.25, 0.3) is 10.9 Å². The van der Waals surface area contributed by atoms with Crippen molar-refractivity contribution in [2.24, 2.45) is 17.3 Å². The molecule has 4 N–H and O–H groups in total. The van der Waals surface area contributed by atoms with Gasteiger partial charge in [0, 0.05) is 18.1 Å². The third kappa shape index (κ3) is 2.48. The second-order valence-corrected chi connectivity index (χ2v) is 5.03. The molecule has 2 aromatic carbocycles. The van der Waals surface area contributed by atoms with Crippen molar-refractivity contribution < 1.29 is 15.0 Å². The van der Waals surface area contributed by atoms with Crippen molar-refractivity contribution in [1.82, 2.24) is 4.57 Å². The minimum atomic E-state index is -0.748. The number of aryl methyl sites for hydroxylation is 1. The number of amides is 1. The van der Waals surface area contributed by atoms with Crippen molar-refractivity contribution >= 4 is 28.2 Å². The van der Waals surface area contributed by atoms with Crippen LogP contribution in [0.3, 0.4) is 0 Å². The first-order valence-electron chi connectivity index (χ1n) is 6.80. The van der Waals surface area contributed by atoms with E-state index in [9.17, 15) is 15.0 Å². The van der Waals surface area contributed by atoms with Crippen LogP contribution in [0.5, 0.6) is 11.6 Å². The molecule has 0 spiro atoms. The number of carbonyl (C=O) groups excluding carboxylic acids is 1. The van der Waals surface area contributed by atoms with Crippen LogP contribution in [0, 0.1) is 0 Å². The average Bonchev–Trinajstić information content (AvgIpc) is 2.79. The third-order valence-corrected chi connectivity index (χ3v) is 3.54. The standard InChI is InChI=1S/C16H14N4O3/c1-20-12-5-3-2-4-10(12)14(16(20)23)18-19-15(22)11-8-9(17)6-7-13(11)21/h2-8,21,23H,17H2,1H3. The van der Waals surface area contributed by atoms with Crippen LogP contribution in [0.1, 0.15) is 10.4 Å². The van der Waals surface area contributed by atoms with Crippen LogP contribution < -0.4 is 5.73 Å². The van der Waals surface area contributed by atoms with Crippen LogP contribution >= 0.6 is 0 Å². The molecule has 3 aromatic rings. The molecule has 1 heterocycles. The second kappa shape index (κ2) is 5.45. The Morgan fingerprint density at radius 1 is 1.17 bits per heavy atom. The molecule has 0 aliphatic carbocycles.